The van der Waals surface area contributed by atoms with Crippen LogP contribution in [0.2, 0.25) is 0 Å². The van der Waals surface area contributed by atoms with E-state index in [0.29, 0.717) is 10.4 Å². The predicted molar refractivity (Wildman–Crippen MR) is 106 cm³/mol. The summed E-state index contributed by atoms with van der Waals surface area (Å²) in [4.78, 5) is 1.80. The molecule has 0 bridgehead atoms. The lowest BCUT2D eigenvalue weighted by Gasteiger charge is -2.11. The first-order valence-corrected chi connectivity index (χ1v) is 9.70. The Hall–Kier alpha value is -2.04. The molecule has 1 unspecified atom stereocenters. The van der Waals surface area contributed by atoms with Crippen LogP contribution in [0.4, 0.5) is 8.78 Å². The first kappa shape index (κ1) is 18.7. The Morgan fingerprint density at radius 1 is 0.962 bits per heavy atom. The van der Waals surface area contributed by atoms with E-state index in [0.717, 1.165) is 34.4 Å². The summed E-state index contributed by atoms with van der Waals surface area (Å²) in [7, 11) is 0. The van der Waals surface area contributed by atoms with Crippen molar-refractivity contribution in [1.29, 1.82) is 0 Å². The number of rotatable bonds is 5. The second-order valence-electron chi connectivity index (χ2n) is 6.52. The maximum absolute atomic E-state index is 14.7. The van der Waals surface area contributed by atoms with E-state index in [1.54, 1.807) is 0 Å². The molecular weight excluding hydrogens is 348 g/mol. The highest BCUT2D eigenvalue weighted by molar-refractivity contribution is 7.15. The van der Waals surface area contributed by atoms with E-state index in [-0.39, 0.29) is 11.6 Å². The zero-order valence-electron chi connectivity index (χ0n) is 15.3. The summed E-state index contributed by atoms with van der Waals surface area (Å²) in [6.07, 6.45) is 1.71. The SMILES string of the molecule is CCc1sc(-c2c(F)cc(-c3ccc(C(N)CC)cc3)cc2F)cc1C. The summed E-state index contributed by atoms with van der Waals surface area (Å²) < 4.78 is 29.5. The molecule has 1 atom stereocenters. The third-order valence-electron chi connectivity index (χ3n) is 4.74. The van der Waals surface area contributed by atoms with Crippen molar-refractivity contribution in [3.63, 3.8) is 0 Å². The number of aryl methyl sites for hydroxylation is 2. The Labute approximate surface area is 157 Å². The fraction of sp³-hybridized carbons (Fsp3) is 0.273. The Balaban J connectivity index is 1.99. The third-order valence-corrected chi connectivity index (χ3v) is 6.14. The fourth-order valence-corrected chi connectivity index (χ4v) is 4.29. The zero-order chi connectivity index (χ0) is 18.8. The van der Waals surface area contributed by atoms with Crippen LogP contribution in [0.15, 0.2) is 42.5 Å². The molecule has 0 saturated carbocycles. The smallest absolute Gasteiger partial charge is 0.135 e. The topological polar surface area (TPSA) is 26.0 Å². The molecule has 0 aliphatic carbocycles. The minimum absolute atomic E-state index is 0.0188. The Bertz CT molecular complexity index is 889. The monoisotopic (exact) mass is 371 g/mol. The molecule has 4 heteroatoms. The van der Waals surface area contributed by atoms with Crippen molar-refractivity contribution in [3.05, 3.63) is 70.1 Å². The molecule has 0 aliphatic rings. The molecule has 0 spiro atoms. The third kappa shape index (κ3) is 3.57. The number of hydrogen-bond donors (Lipinski definition) is 1. The first-order chi connectivity index (χ1) is 12.4. The van der Waals surface area contributed by atoms with Gasteiger partial charge in [-0.2, -0.15) is 0 Å². The van der Waals surface area contributed by atoms with Gasteiger partial charge in [-0.15, -0.1) is 11.3 Å². The summed E-state index contributed by atoms with van der Waals surface area (Å²) in [6, 6.07) is 12.2. The van der Waals surface area contributed by atoms with Crippen LogP contribution in [0.25, 0.3) is 21.6 Å². The molecule has 3 aromatic rings. The van der Waals surface area contributed by atoms with Crippen LogP contribution >= 0.6 is 11.3 Å². The van der Waals surface area contributed by atoms with E-state index in [1.807, 2.05) is 51.1 Å². The van der Waals surface area contributed by atoms with Crippen LogP contribution in [0.5, 0.6) is 0 Å². The molecule has 26 heavy (non-hydrogen) atoms. The highest BCUT2D eigenvalue weighted by atomic mass is 32.1. The van der Waals surface area contributed by atoms with Crippen LogP contribution in [-0.4, -0.2) is 0 Å². The van der Waals surface area contributed by atoms with Gasteiger partial charge < -0.3 is 5.73 Å². The second-order valence-corrected chi connectivity index (χ2v) is 7.66. The molecule has 136 valence electrons. The predicted octanol–water partition coefficient (Wildman–Crippen LogP) is 6.64. The van der Waals surface area contributed by atoms with E-state index < -0.39 is 11.6 Å². The highest BCUT2D eigenvalue weighted by Crippen LogP contribution is 2.37. The van der Waals surface area contributed by atoms with Crippen LogP contribution in [-0.2, 0) is 6.42 Å². The van der Waals surface area contributed by atoms with E-state index in [9.17, 15) is 8.78 Å². The fourth-order valence-electron chi connectivity index (χ4n) is 3.13. The van der Waals surface area contributed by atoms with Gasteiger partial charge in [0.25, 0.3) is 0 Å². The molecule has 1 nitrogen and oxygen atoms in total. The molecule has 0 saturated heterocycles. The highest BCUT2D eigenvalue weighted by Gasteiger charge is 2.17. The van der Waals surface area contributed by atoms with Crippen LogP contribution in [0.3, 0.4) is 0 Å². The average molecular weight is 371 g/mol. The normalized spacial score (nSPS) is 12.4. The summed E-state index contributed by atoms with van der Waals surface area (Å²) >= 11 is 1.46. The van der Waals surface area contributed by atoms with Gasteiger partial charge in [0.1, 0.15) is 11.6 Å². The molecule has 0 fully saturated rings. The number of benzene rings is 2. The lowest BCUT2D eigenvalue weighted by atomic mass is 9.98. The summed E-state index contributed by atoms with van der Waals surface area (Å²) in [6.45, 7) is 6.05. The van der Waals surface area contributed by atoms with Crippen molar-refractivity contribution in [2.45, 2.75) is 39.7 Å². The quantitative estimate of drug-likeness (QED) is 0.534. The van der Waals surface area contributed by atoms with Gasteiger partial charge in [-0.3, -0.25) is 0 Å². The minimum atomic E-state index is -0.529. The van der Waals surface area contributed by atoms with Gasteiger partial charge >= 0.3 is 0 Å². The van der Waals surface area contributed by atoms with Gasteiger partial charge in [0.05, 0.1) is 5.56 Å². The van der Waals surface area contributed by atoms with Crippen molar-refractivity contribution in [2.24, 2.45) is 5.73 Å². The molecule has 1 heterocycles. The largest absolute Gasteiger partial charge is 0.324 e. The van der Waals surface area contributed by atoms with Crippen molar-refractivity contribution >= 4 is 11.3 Å². The molecule has 0 aliphatic heterocycles. The second kappa shape index (κ2) is 7.68. The van der Waals surface area contributed by atoms with Crippen molar-refractivity contribution in [3.8, 4) is 21.6 Å². The lowest BCUT2D eigenvalue weighted by Crippen LogP contribution is -2.08. The minimum Gasteiger partial charge on any atom is -0.324 e. The molecule has 3 rings (SSSR count). The Kier molecular flexibility index (Phi) is 5.54. The molecule has 0 radical (unpaired) electrons. The van der Waals surface area contributed by atoms with E-state index in [2.05, 4.69) is 0 Å². The number of hydrogen-bond acceptors (Lipinski definition) is 2. The van der Waals surface area contributed by atoms with Gasteiger partial charge in [-0.05, 0) is 60.2 Å². The molecule has 0 amide bonds. The van der Waals surface area contributed by atoms with E-state index >= 15 is 0 Å². The molecule has 1 aromatic heterocycles. The van der Waals surface area contributed by atoms with Crippen LogP contribution < -0.4 is 5.73 Å². The maximum Gasteiger partial charge on any atom is 0.135 e. The van der Waals surface area contributed by atoms with Crippen LogP contribution in [0, 0.1) is 18.6 Å². The number of halogens is 2. The molecule has 2 aromatic carbocycles. The van der Waals surface area contributed by atoms with Gasteiger partial charge in [-0.25, -0.2) is 8.78 Å². The first-order valence-electron chi connectivity index (χ1n) is 8.89. The van der Waals surface area contributed by atoms with Gasteiger partial charge in [0.15, 0.2) is 0 Å². The number of nitrogens with two attached hydrogens (primary N) is 1. The van der Waals surface area contributed by atoms with E-state index in [4.69, 9.17) is 5.73 Å². The van der Waals surface area contributed by atoms with Crippen molar-refractivity contribution in [1.82, 2.24) is 0 Å². The van der Waals surface area contributed by atoms with Gasteiger partial charge in [-0.1, -0.05) is 38.1 Å². The molecule has 2 N–H and O–H groups in total. The van der Waals surface area contributed by atoms with Crippen molar-refractivity contribution in [2.75, 3.05) is 0 Å². The van der Waals surface area contributed by atoms with Crippen LogP contribution in [0.1, 0.15) is 42.3 Å². The lowest BCUT2D eigenvalue weighted by molar-refractivity contribution is 0.591. The number of thiophene rings is 1. The maximum atomic E-state index is 14.7. The van der Waals surface area contributed by atoms with Crippen molar-refractivity contribution < 1.29 is 8.78 Å². The standard InChI is InChI=1S/C22H23F2NS/c1-4-19(25)15-8-6-14(7-9-15)16-11-17(23)22(18(24)12-16)21-10-13(3)20(5-2)26-21/h6-12,19H,4-5,25H2,1-3H3. The average Bonchev–Trinajstić information content (AvgIpc) is 3.00. The Morgan fingerprint density at radius 2 is 1.58 bits per heavy atom. The summed E-state index contributed by atoms with van der Waals surface area (Å²) in [5, 5.41) is 0. The summed E-state index contributed by atoms with van der Waals surface area (Å²) in [5.41, 5.74) is 9.50. The molecular formula is C22H23F2NS. The Morgan fingerprint density at radius 3 is 2.08 bits per heavy atom. The zero-order valence-corrected chi connectivity index (χ0v) is 16.1. The van der Waals surface area contributed by atoms with Gasteiger partial charge in [0.2, 0.25) is 0 Å². The van der Waals surface area contributed by atoms with Gasteiger partial charge in [0, 0.05) is 15.8 Å². The van der Waals surface area contributed by atoms with E-state index in [1.165, 1.54) is 23.5 Å². The summed E-state index contributed by atoms with van der Waals surface area (Å²) in [5.74, 6) is -1.06.